The van der Waals surface area contributed by atoms with E-state index in [2.05, 4.69) is 0 Å². The highest BCUT2D eigenvalue weighted by Gasteiger charge is 2.16. The lowest BCUT2D eigenvalue weighted by Crippen LogP contribution is -2.03. The van der Waals surface area contributed by atoms with Crippen molar-refractivity contribution in [2.45, 2.75) is 13.0 Å². The van der Waals surface area contributed by atoms with E-state index in [4.69, 9.17) is 9.84 Å². The third-order valence-electron chi connectivity index (χ3n) is 2.81. The van der Waals surface area contributed by atoms with E-state index in [0.717, 1.165) is 5.56 Å². The molecule has 0 aromatic heterocycles. The molecular formula is C15H13NO5. The molecule has 2 rings (SSSR count). The number of nitrogens with zero attached hydrogens (tertiary/aromatic N) is 1. The molecule has 0 amide bonds. The molecule has 2 aromatic carbocycles. The van der Waals surface area contributed by atoms with E-state index in [0.29, 0.717) is 5.56 Å². The van der Waals surface area contributed by atoms with Gasteiger partial charge in [0, 0.05) is 6.07 Å². The van der Waals surface area contributed by atoms with Crippen molar-refractivity contribution in [2.75, 3.05) is 0 Å². The summed E-state index contributed by atoms with van der Waals surface area (Å²) in [6.07, 6.45) is -0.209. The normalized spacial score (nSPS) is 10.1. The number of ether oxygens (including phenoxy) is 1. The molecule has 0 radical (unpaired) electrons. The molecule has 1 N–H and O–H groups in total. The quantitative estimate of drug-likeness (QED) is 0.651. The number of carboxylic acids is 1. The molecule has 0 spiro atoms. The standard InChI is InChI=1S/C15H13NO5/c17-15(18)9-12-6-7-13(16(19)20)14(8-12)21-10-11-4-2-1-3-5-11/h1-8H,9-10H2,(H,17,18). The second-order valence-corrected chi connectivity index (χ2v) is 4.40. The topological polar surface area (TPSA) is 89.7 Å². The summed E-state index contributed by atoms with van der Waals surface area (Å²) in [4.78, 5) is 21.1. The number of benzene rings is 2. The van der Waals surface area contributed by atoms with Gasteiger partial charge in [0.1, 0.15) is 6.61 Å². The van der Waals surface area contributed by atoms with Crippen LogP contribution in [0.5, 0.6) is 5.75 Å². The van der Waals surface area contributed by atoms with Gasteiger partial charge in [-0.2, -0.15) is 0 Å². The average molecular weight is 287 g/mol. The Kier molecular flexibility index (Phi) is 4.50. The van der Waals surface area contributed by atoms with E-state index in [1.807, 2.05) is 30.3 Å². The fourth-order valence-corrected chi connectivity index (χ4v) is 1.84. The van der Waals surface area contributed by atoms with Crippen molar-refractivity contribution in [3.8, 4) is 5.75 Å². The highest BCUT2D eigenvalue weighted by molar-refractivity contribution is 5.70. The van der Waals surface area contributed by atoms with Crippen molar-refractivity contribution in [3.63, 3.8) is 0 Å². The first-order valence-electron chi connectivity index (χ1n) is 6.22. The zero-order chi connectivity index (χ0) is 15.2. The van der Waals surface area contributed by atoms with Gasteiger partial charge in [-0.1, -0.05) is 36.4 Å². The summed E-state index contributed by atoms with van der Waals surface area (Å²) in [5, 5.41) is 19.7. The van der Waals surface area contributed by atoms with Crippen LogP contribution in [0, 0.1) is 10.1 Å². The van der Waals surface area contributed by atoms with Crippen molar-refractivity contribution in [1.29, 1.82) is 0 Å². The summed E-state index contributed by atoms with van der Waals surface area (Å²) in [5.74, 6) is -0.930. The minimum atomic E-state index is -1.00. The molecule has 0 fully saturated rings. The monoisotopic (exact) mass is 287 g/mol. The van der Waals surface area contributed by atoms with Crippen LogP contribution >= 0.6 is 0 Å². The van der Waals surface area contributed by atoms with Gasteiger partial charge < -0.3 is 9.84 Å². The summed E-state index contributed by atoms with van der Waals surface area (Å²) in [6.45, 7) is 0.179. The second kappa shape index (κ2) is 6.51. The largest absolute Gasteiger partial charge is 0.482 e. The van der Waals surface area contributed by atoms with Crippen LogP contribution in [-0.2, 0) is 17.8 Å². The van der Waals surface area contributed by atoms with Crippen molar-refractivity contribution in [1.82, 2.24) is 0 Å². The Morgan fingerprint density at radius 1 is 1.14 bits per heavy atom. The van der Waals surface area contributed by atoms with Crippen molar-refractivity contribution in [3.05, 3.63) is 69.8 Å². The molecular weight excluding hydrogens is 274 g/mol. The number of hydrogen-bond acceptors (Lipinski definition) is 4. The summed E-state index contributed by atoms with van der Waals surface area (Å²) in [6, 6.07) is 13.3. The van der Waals surface area contributed by atoms with E-state index >= 15 is 0 Å². The van der Waals surface area contributed by atoms with Gasteiger partial charge in [-0.15, -0.1) is 0 Å². The lowest BCUT2D eigenvalue weighted by molar-refractivity contribution is -0.386. The van der Waals surface area contributed by atoms with Crippen LogP contribution in [0.2, 0.25) is 0 Å². The van der Waals surface area contributed by atoms with Crippen LogP contribution < -0.4 is 4.74 Å². The van der Waals surface area contributed by atoms with Gasteiger partial charge >= 0.3 is 11.7 Å². The Labute approximate surface area is 120 Å². The first-order chi connectivity index (χ1) is 10.1. The third kappa shape index (κ3) is 4.04. The molecule has 0 bridgehead atoms. The summed E-state index contributed by atoms with van der Waals surface area (Å²) < 4.78 is 5.47. The van der Waals surface area contributed by atoms with Crippen LogP contribution in [0.25, 0.3) is 0 Å². The second-order valence-electron chi connectivity index (χ2n) is 4.40. The molecule has 6 nitrogen and oxygen atoms in total. The molecule has 0 unspecified atom stereocenters. The number of nitro groups is 1. The van der Waals surface area contributed by atoms with Crippen LogP contribution in [0.15, 0.2) is 48.5 Å². The highest BCUT2D eigenvalue weighted by atomic mass is 16.6. The molecule has 0 saturated heterocycles. The molecule has 0 aliphatic rings. The van der Waals surface area contributed by atoms with Crippen LogP contribution in [0.4, 0.5) is 5.69 Å². The fourth-order valence-electron chi connectivity index (χ4n) is 1.84. The van der Waals surface area contributed by atoms with Crippen LogP contribution in [0.3, 0.4) is 0 Å². The summed E-state index contributed by atoms with van der Waals surface area (Å²) in [5.41, 5.74) is 1.15. The lowest BCUT2D eigenvalue weighted by Gasteiger charge is -2.08. The van der Waals surface area contributed by atoms with Crippen molar-refractivity contribution < 1.29 is 19.6 Å². The number of aliphatic carboxylic acids is 1. The maximum absolute atomic E-state index is 11.0. The van der Waals surface area contributed by atoms with Gasteiger partial charge in [0.05, 0.1) is 11.3 Å². The Hall–Kier alpha value is -2.89. The smallest absolute Gasteiger partial charge is 0.310 e. The molecule has 0 aliphatic heterocycles. The molecule has 0 saturated carbocycles. The molecule has 0 aliphatic carbocycles. The molecule has 0 atom stereocenters. The van der Waals surface area contributed by atoms with Gasteiger partial charge in [-0.25, -0.2) is 0 Å². The predicted octanol–water partition coefficient (Wildman–Crippen LogP) is 2.80. The fraction of sp³-hybridized carbons (Fsp3) is 0.133. The lowest BCUT2D eigenvalue weighted by atomic mass is 10.1. The minimum absolute atomic E-state index is 0.0719. The molecule has 108 valence electrons. The van der Waals surface area contributed by atoms with Gasteiger partial charge in [-0.05, 0) is 17.2 Å². The predicted molar refractivity (Wildman–Crippen MR) is 75.2 cm³/mol. The van der Waals surface area contributed by atoms with Gasteiger partial charge in [0.25, 0.3) is 0 Å². The highest BCUT2D eigenvalue weighted by Crippen LogP contribution is 2.29. The number of carbonyl (C=O) groups is 1. The Balaban J connectivity index is 2.22. The van der Waals surface area contributed by atoms with Crippen molar-refractivity contribution in [2.24, 2.45) is 0 Å². The zero-order valence-corrected chi connectivity index (χ0v) is 11.1. The molecule has 0 heterocycles. The first kappa shape index (κ1) is 14.5. The molecule has 21 heavy (non-hydrogen) atoms. The van der Waals surface area contributed by atoms with E-state index in [1.54, 1.807) is 0 Å². The number of hydrogen-bond donors (Lipinski definition) is 1. The minimum Gasteiger partial charge on any atom is -0.482 e. The zero-order valence-electron chi connectivity index (χ0n) is 11.1. The number of rotatable bonds is 6. The van der Waals surface area contributed by atoms with Gasteiger partial charge in [0.15, 0.2) is 5.75 Å². The van der Waals surface area contributed by atoms with Gasteiger partial charge in [-0.3, -0.25) is 14.9 Å². The van der Waals surface area contributed by atoms with Crippen LogP contribution in [-0.4, -0.2) is 16.0 Å². The van der Waals surface area contributed by atoms with Gasteiger partial charge in [0.2, 0.25) is 0 Å². The van der Waals surface area contributed by atoms with Crippen LogP contribution in [0.1, 0.15) is 11.1 Å². The third-order valence-corrected chi connectivity index (χ3v) is 2.81. The SMILES string of the molecule is O=C(O)Cc1ccc([N+](=O)[O-])c(OCc2ccccc2)c1. The Morgan fingerprint density at radius 3 is 2.48 bits per heavy atom. The summed E-state index contributed by atoms with van der Waals surface area (Å²) in [7, 11) is 0. The van der Waals surface area contributed by atoms with E-state index in [1.165, 1.54) is 18.2 Å². The Bertz CT molecular complexity index is 654. The maximum atomic E-state index is 11.0. The maximum Gasteiger partial charge on any atom is 0.310 e. The van der Waals surface area contributed by atoms with E-state index < -0.39 is 10.9 Å². The number of carboxylic acid groups (broad SMARTS) is 1. The Morgan fingerprint density at radius 2 is 1.86 bits per heavy atom. The molecule has 6 heteroatoms. The van der Waals surface area contributed by atoms with E-state index in [9.17, 15) is 14.9 Å². The number of nitro benzene ring substituents is 1. The molecule has 2 aromatic rings. The summed E-state index contributed by atoms with van der Waals surface area (Å²) >= 11 is 0. The van der Waals surface area contributed by atoms with Crippen molar-refractivity contribution >= 4 is 11.7 Å². The average Bonchev–Trinajstić information content (AvgIpc) is 2.45. The van der Waals surface area contributed by atoms with E-state index in [-0.39, 0.29) is 24.5 Å². The first-order valence-corrected chi connectivity index (χ1v) is 6.22.